The Hall–Kier alpha value is -3.32. The number of hydrogen-bond donors (Lipinski definition) is 2. The Labute approximate surface area is 191 Å². The molecule has 1 unspecified atom stereocenters. The number of carbonyl (C=O) groups is 1. The van der Waals surface area contributed by atoms with E-state index in [4.69, 9.17) is 5.73 Å². The molecule has 33 heavy (non-hydrogen) atoms. The van der Waals surface area contributed by atoms with Gasteiger partial charge in [-0.15, -0.1) is 0 Å². The first kappa shape index (κ1) is 22.9. The van der Waals surface area contributed by atoms with Gasteiger partial charge in [0.1, 0.15) is 11.6 Å². The van der Waals surface area contributed by atoms with Gasteiger partial charge in [-0.1, -0.05) is 25.5 Å². The molecule has 1 amide bonds. The van der Waals surface area contributed by atoms with Gasteiger partial charge >= 0.3 is 0 Å². The van der Waals surface area contributed by atoms with Gasteiger partial charge in [0.2, 0.25) is 5.91 Å². The maximum atomic E-state index is 13.5. The van der Waals surface area contributed by atoms with E-state index in [1.807, 2.05) is 13.8 Å². The van der Waals surface area contributed by atoms with Crippen LogP contribution in [-0.4, -0.2) is 26.9 Å². The van der Waals surface area contributed by atoms with E-state index >= 15 is 0 Å². The lowest BCUT2D eigenvalue weighted by Crippen LogP contribution is -2.38. The second kappa shape index (κ2) is 8.90. The predicted octanol–water partition coefficient (Wildman–Crippen LogP) is 4.60. The highest BCUT2D eigenvalue weighted by atomic mass is 19.1. The summed E-state index contributed by atoms with van der Waals surface area (Å²) in [5, 5.41) is 15.8. The van der Waals surface area contributed by atoms with Crippen molar-refractivity contribution in [3.05, 3.63) is 88.3 Å². The fraction of sp³-hybridized carbons (Fsp3) is 0.308. The lowest BCUT2D eigenvalue weighted by molar-refractivity contribution is 0.0531. The normalized spacial score (nSPS) is 18.5. The Morgan fingerprint density at radius 3 is 2.58 bits per heavy atom. The number of carbonyl (C=O) groups excluding carboxylic acids is 1. The number of halogens is 2. The standard InChI is InChI=1S/C26H27F2N3O2/c1-3-18-12-23-17(15-30-31(23)21-9-7-19(27)8-10-21)14-26(18,2)24(32)11-5-16-4-6-20(28)13-22(16)25(29)33/h4,6-10,12-13,15,24,32H,3,5,11,14H2,1-2H3,(H2,29,33)/t24-,26?/m0/s1. The van der Waals surface area contributed by atoms with Crippen LogP contribution in [0.3, 0.4) is 0 Å². The van der Waals surface area contributed by atoms with E-state index in [1.165, 1.54) is 18.2 Å². The number of primary amides is 1. The Kier molecular flexibility index (Phi) is 6.17. The van der Waals surface area contributed by atoms with Crippen LogP contribution in [0.1, 0.15) is 53.9 Å². The molecule has 7 heteroatoms. The molecule has 5 nitrogen and oxygen atoms in total. The predicted molar refractivity (Wildman–Crippen MR) is 123 cm³/mol. The molecule has 2 aromatic carbocycles. The van der Waals surface area contributed by atoms with E-state index in [9.17, 15) is 18.7 Å². The van der Waals surface area contributed by atoms with Crippen molar-refractivity contribution in [2.75, 3.05) is 0 Å². The van der Waals surface area contributed by atoms with E-state index in [2.05, 4.69) is 11.2 Å². The minimum absolute atomic E-state index is 0.144. The third-order valence-corrected chi connectivity index (χ3v) is 6.70. The van der Waals surface area contributed by atoms with Crippen molar-refractivity contribution in [3.8, 4) is 5.69 Å². The van der Waals surface area contributed by atoms with Gasteiger partial charge in [0.05, 0.1) is 23.7 Å². The monoisotopic (exact) mass is 451 g/mol. The zero-order chi connectivity index (χ0) is 23.8. The highest BCUT2D eigenvalue weighted by molar-refractivity contribution is 5.94. The van der Waals surface area contributed by atoms with E-state index in [-0.39, 0.29) is 11.4 Å². The lowest BCUT2D eigenvalue weighted by Gasteiger charge is -2.39. The minimum Gasteiger partial charge on any atom is -0.392 e. The Morgan fingerprint density at radius 2 is 1.91 bits per heavy atom. The van der Waals surface area contributed by atoms with Gasteiger partial charge in [-0.05, 0) is 79.3 Å². The Bertz CT molecular complexity index is 1220. The summed E-state index contributed by atoms with van der Waals surface area (Å²) in [4.78, 5) is 11.7. The average molecular weight is 452 g/mol. The van der Waals surface area contributed by atoms with Gasteiger partial charge in [-0.2, -0.15) is 5.10 Å². The van der Waals surface area contributed by atoms with E-state index < -0.39 is 23.2 Å². The zero-order valence-corrected chi connectivity index (χ0v) is 18.7. The van der Waals surface area contributed by atoms with Gasteiger partial charge < -0.3 is 10.8 Å². The fourth-order valence-electron chi connectivity index (χ4n) is 4.75. The molecule has 3 N–H and O–H groups in total. The lowest BCUT2D eigenvalue weighted by atomic mass is 9.67. The highest BCUT2D eigenvalue weighted by Gasteiger charge is 2.40. The molecule has 3 aromatic rings. The molecule has 0 aliphatic heterocycles. The molecular formula is C26H27F2N3O2. The SMILES string of the molecule is CCC1=Cc2c(cnn2-c2ccc(F)cc2)CC1(C)[C@@H](O)CCc1ccc(F)cc1C(N)=O. The van der Waals surface area contributed by atoms with Crippen LogP contribution in [0, 0.1) is 17.0 Å². The first-order chi connectivity index (χ1) is 15.7. The number of aliphatic hydroxyl groups excluding tert-OH is 1. The summed E-state index contributed by atoms with van der Waals surface area (Å²) in [7, 11) is 0. The number of nitrogens with two attached hydrogens (primary N) is 1. The van der Waals surface area contributed by atoms with Crippen molar-refractivity contribution in [3.63, 3.8) is 0 Å². The maximum Gasteiger partial charge on any atom is 0.249 e. The number of hydrogen-bond acceptors (Lipinski definition) is 3. The van der Waals surface area contributed by atoms with Gasteiger partial charge in [-0.3, -0.25) is 4.79 Å². The van der Waals surface area contributed by atoms with E-state index in [1.54, 1.807) is 29.1 Å². The molecule has 1 aromatic heterocycles. The van der Waals surface area contributed by atoms with E-state index in [0.29, 0.717) is 24.8 Å². The van der Waals surface area contributed by atoms with Crippen molar-refractivity contribution in [1.82, 2.24) is 9.78 Å². The summed E-state index contributed by atoms with van der Waals surface area (Å²) in [6, 6.07) is 10.2. The fourth-order valence-corrected chi connectivity index (χ4v) is 4.75. The van der Waals surface area contributed by atoms with Crippen LogP contribution in [-0.2, 0) is 12.8 Å². The van der Waals surface area contributed by atoms with Crippen LogP contribution in [0.25, 0.3) is 11.8 Å². The summed E-state index contributed by atoms with van der Waals surface area (Å²) in [5.74, 6) is -1.51. The Morgan fingerprint density at radius 1 is 1.21 bits per heavy atom. The van der Waals surface area contributed by atoms with Gasteiger partial charge in [0, 0.05) is 11.0 Å². The molecule has 1 aliphatic carbocycles. The van der Waals surface area contributed by atoms with Gasteiger partial charge in [-0.25, -0.2) is 13.5 Å². The molecule has 4 rings (SSSR count). The summed E-state index contributed by atoms with van der Waals surface area (Å²) in [6.07, 6.45) is 5.27. The number of aryl methyl sites for hydroxylation is 1. The van der Waals surface area contributed by atoms with Crippen LogP contribution in [0.5, 0.6) is 0 Å². The van der Waals surface area contributed by atoms with Crippen LogP contribution in [0.2, 0.25) is 0 Å². The molecule has 0 saturated heterocycles. The van der Waals surface area contributed by atoms with Crippen molar-refractivity contribution in [1.29, 1.82) is 0 Å². The molecule has 0 spiro atoms. The number of nitrogens with zero attached hydrogens (tertiary/aromatic N) is 2. The van der Waals surface area contributed by atoms with Gasteiger partial charge in [0.15, 0.2) is 0 Å². The first-order valence-electron chi connectivity index (χ1n) is 11.0. The molecule has 172 valence electrons. The number of aromatic nitrogens is 2. The van der Waals surface area contributed by atoms with Crippen molar-refractivity contribution in [2.45, 2.75) is 45.6 Å². The molecule has 1 heterocycles. The molecule has 0 radical (unpaired) electrons. The molecule has 2 atom stereocenters. The van der Waals surface area contributed by atoms with Crippen LogP contribution in [0.4, 0.5) is 8.78 Å². The molecular weight excluding hydrogens is 424 g/mol. The smallest absolute Gasteiger partial charge is 0.249 e. The number of aliphatic hydroxyl groups is 1. The second-order valence-corrected chi connectivity index (χ2v) is 8.78. The number of benzene rings is 2. The molecule has 1 aliphatic rings. The van der Waals surface area contributed by atoms with Crippen LogP contribution >= 0.6 is 0 Å². The quantitative estimate of drug-likeness (QED) is 0.551. The maximum absolute atomic E-state index is 13.5. The Balaban J connectivity index is 1.59. The second-order valence-electron chi connectivity index (χ2n) is 8.78. The van der Waals surface area contributed by atoms with Gasteiger partial charge in [0.25, 0.3) is 0 Å². The summed E-state index contributed by atoms with van der Waals surface area (Å²) < 4.78 is 28.7. The van der Waals surface area contributed by atoms with Crippen LogP contribution < -0.4 is 5.73 Å². The summed E-state index contributed by atoms with van der Waals surface area (Å²) in [6.45, 7) is 4.08. The molecule has 0 bridgehead atoms. The summed E-state index contributed by atoms with van der Waals surface area (Å²) >= 11 is 0. The average Bonchev–Trinajstić information content (AvgIpc) is 3.19. The number of fused-ring (bicyclic) bond motifs is 1. The highest BCUT2D eigenvalue weighted by Crippen LogP contribution is 2.44. The number of rotatable bonds is 7. The number of amides is 1. The largest absolute Gasteiger partial charge is 0.392 e. The van der Waals surface area contributed by atoms with E-state index in [0.717, 1.165) is 35.0 Å². The molecule has 0 saturated carbocycles. The minimum atomic E-state index is -0.697. The van der Waals surface area contributed by atoms with Crippen molar-refractivity contribution < 1.29 is 18.7 Å². The van der Waals surface area contributed by atoms with Crippen LogP contribution in [0.15, 0.2) is 54.2 Å². The van der Waals surface area contributed by atoms with Crippen molar-refractivity contribution >= 4 is 12.0 Å². The summed E-state index contributed by atoms with van der Waals surface area (Å²) in [5.41, 5.74) is 9.42. The topological polar surface area (TPSA) is 81.1 Å². The zero-order valence-electron chi connectivity index (χ0n) is 18.7. The van der Waals surface area contributed by atoms with Crippen molar-refractivity contribution in [2.24, 2.45) is 11.1 Å². The molecule has 0 fully saturated rings. The third kappa shape index (κ3) is 4.33. The first-order valence-corrected chi connectivity index (χ1v) is 11.0. The third-order valence-electron chi connectivity index (χ3n) is 6.70.